The Labute approximate surface area is 117 Å². The monoisotopic (exact) mass is 257 g/mol. The van der Waals surface area contributed by atoms with E-state index in [1.807, 2.05) is 6.08 Å². The van der Waals surface area contributed by atoms with E-state index in [1.165, 1.54) is 5.56 Å². The van der Waals surface area contributed by atoms with Crippen molar-refractivity contribution in [3.63, 3.8) is 0 Å². The van der Waals surface area contributed by atoms with Crippen molar-refractivity contribution in [3.8, 4) is 18.1 Å². The Bertz CT molecular complexity index is 467. The van der Waals surface area contributed by atoms with E-state index in [1.54, 1.807) is 0 Å². The van der Waals surface area contributed by atoms with Crippen molar-refractivity contribution >= 4 is 5.69 Å². The lowest BCUT2D eigenvalue weighted by Gasteiger charge is -2.27. The molecule has 0 amide bonds. The molecule has 1 aromatic rings. The first-order valence-electron chi connectivity index (χ1n) is 6.74. The maximum atomic E-state index is 5.81. The molecule has 0 saturated carbocycles. The Morgan fingerprint density at radius 1 is 1.37 bits per heavy atom. The Hall–Kier alpha value is -1.88. The molecule has 0 spiro atoms. The number of terminal acetylenes is 1. The molecular formula is C17H23NO. The van der Waals surface area contributed by atoms with Gasteiger partial charge in [0, 0.05) is 18.7 Å². The predicted octanol–water partition coefficient (Wildman–Crippen LogP) is 3.58. The molecule has 0 aromatic heterocycles. The molecule has 102 valence electrons. The van der Waals surface area contributed by atoms with E-state index in [2.05, 4.69) is 50.3 Å². The molecule has 2 nitrogen and oxygen atoms in total. The van der Waals surface area contributed by atoms with Gasteiger partial charge in [-0.25, -0.2) is 0 Å². The second-order valence-electron chi connectivity index (χ2n) is 4.38. The molecule has 0 fully saturated rings. The van der Waals surface area contributed by atoms with Gasteiger partial charge in [0.05, 0.1) is 5.69 Å². The van der Waals surface area contributed by atoms with Crippen LogP contribution in [-0.2, 0) is 6.42 Å². The van der Waals surface area contributed by atoms with Gasteiger partial charge in [-0.15, -0.1) is 13.0 Å². The van der Waals surface area contributed by atoms with E-state index < -0.39 is 0 Å². The number of benzene rings is 1. The van der Waals surface area contributed by atoms with Gasteiger partial charge in [0.25, 0.3) is 0 Å². The van der Waals surface area contributed by atoms with Gasteiger partial charge in [-0.1, -0.05) is 24.1 Å². The van der Waals surface area contributed by atoms with Crippen LogP contribution in [-0.4, -0.2) is 19.7 Å². The zero-order chi connectivity index (χ0) is 14.3. The summed E-state index contributed by atoms with van der Waals surface area (Å²) in [7, 11) is 0. The SMILES string of the molecule is C#CCOc1c(CC=C)ccc(C)c1N(CC)CC. The largest absolute Gasteiger partial charge is 0.478 e. The summed E-state index contributed by atoms with van der Waals surface area (Å²) in [6.07, 6.45) is 8.00. The van der Waals surface area contributed by atoms with Crippen LogP contribution < -0.4 is 9.64 Å². The number of anilines is 1. The molecule has 0 unspecified atom stereocenters. The minimum Gasteiger partial charge on any atom is -0.478 e. The first kappa shape index (κ1) is 15.2. The summed E-state index contributed by atoms with van der Waals surface area (Å²) < 4.78 is 5.81. The molecule has 1 aromatic carbocycles. The summed E-state index contributed by atoms with van der Waals surface area (Å²) in [6.45, 7) is 12.4. The Morgan fingerprint density at radius 3 is 2.58 bits per heavy atom. The van der Waals surface area contributed by atoms with E-state index in [0.29, 0.717) is 6.61 Å². The summed E-state index contributed by atoms with van der Waals surface area (Å²) >= 11 is 0. The molecule has 0 heterocycles. The van der Waals surface area contributed by atoms with Crippen molar-refractivity contribution in [1.29, 1.82) is 0 Å². The second kappa shape index (κ2) is 7.53. The van der Waals surface area contributed by atoms with Crippen LogP contribution in [0.2, 0.25) is 0 Å². The van der Waals surface area contributed by atoms with Gasteiger partial charge in [-0.2, -0.15) is 0 Å². The molecule has 0 saturated heterocycles. The molecule has 0 atom stereocenters. The number of hydrogen-bond donors (Lipinski definition) is 0. The molecule has 2 heteroatoms. The number of allylic oxidation sites excluding steroid dienone is 1. The van der Waals surface area contributed by atoms with Crippen LogP contribution in [0.15, 0.2) is 24.8 Å². The maximum absolute atomic E-state index is 5.81. The van der Waals surface area contributed by atoms with Crippen LogP contribution in [0.25, 0.3) is 0 Å². The Balaban J connectivity index is 3.34. The zero-order valence-corrected chi connectivity index (χ0v) is 12.2. The van der Waals surface area contributed by atoms with Crippen molar-refractivity contribution in [3.05, 3.63) is 35.9 Å². The quantitative estimate of drug-likeness (QED) is 0.547. The number of nitrogens with zero attached hydrogens (tertiary/aromatic N) is 1. The lowest BCUT2D eigenvalue weighted by Crippen LogP contribution is -2.24. The van der Waals surface area contributed by atoms with E-state index in [9.17, 15) is 0 Å². The van der Waals surface area contributed by atoms with Crippen molar-refractivity contribution in [2.24, 2.45) is 0 Å². The van der Waals surface area contributed by atoms with Gasteiger partial charge in [-0.3, -0.25) is 0 Å². The van der Waals surface area contributed by atoms with E-state index in [0.717, 1.165) is 36.5 Å². The maximum Gasteiger partial charge on any atom is 0.148 e. The second-order valence-corrected chi connectivity index (χ2v) is 4.38. The fourth-order valence-electron chi connectivity index (χ4n) is 2.24. The highest BCUT2D eigenvalue weighted by atomic mass is 16.5. The minimum absolute atomic E-state index is 0.294. The molecule has 0 aliphatic heterocycles. The number of aryl methyl sites for hydroxylation is 1. The highest BCUT2D eigenvalue weighted by Gasteiger charge is 2.16. The average molecular weight is 257 g/mol. The summed E-state index contributed by atoms with van der Waals surface area (Å²) in [5, 5.41) is 0. The number of hydrogen-bond acceptors (Lipinski definition) is 2. The fraction of sp³-hybridized carbons (Fsp3) is 0.412. The first-order chi connectivity index (χ1) is 9.19. The van der Waals surface area contributed by atoms with Gasteiger partial charge in [0.2, 0.25) is 0 Å². The lowest BCUT2D eigenvalue weighted by molar-refractivity contribution is 0.367. The summed E-state index contributed by atoms with van der Waals surface area (Å²) in [5.74, 6) is 3.44. The molecule has 0 N–H and O–H groups in total. The highest BCUT2D eigenvalue weighted by Crippen LogP contribution is 2.36. The zero-order valence-electron chi connectivity index (χ0n) is 12.2. The van der Waals surface area contributed by atoms with Crippen molar-refractivity contribution in [1.82, 2.24) is 0 Å². The molecule has 19 heavy (non-hydrogen) atoms. The van der Waals surface area contributed by atoms with Gasteiger partial charge >= 0.3 is 0 Å². The Morgan fingerprint density at radius 2 is 2.05 bits per heavy atom. The van der Waals surface area contributed by atoms with Crippen LogP contribution >= 0.6 is 0 Å². The van der Waals surface area contributed by atoms with Crippen molar-refractivity contribution < 1.29 is 4.74 Å². The third kappa shape index (κ3) is 3.54. The average Bonchev–Trinajstić information content (AvgIpc) is 2.42. The molecule has 0 aliphatic carbocycles. The van der Waals surface area contributed by atoms with Crippen LogP contribution in [0.5, 0.6) is 5.75 Å². The van der Waals surface area contributed by atoms with Gasteiger partial charge in [0.15, 0.2) is 0 Å². The first-order valence-corrected chi connectivity index (χ1v) is 6.74. The summed E-state index contributed by atoms with van der Waals surface area (Å²) in [6, 6.07) is 4.23. The third-order valence-corrected chi connectivity index (χ3v) is 3.16. The summed E-state index contributed by atoms with van der Waals surface area (Å²) in [4.78, 5) is 2.30. The molecular weight excluding hydrogens is 234 g/mol. The Kier molecular flexibility index (Phi) is 6.02. The van der Waals surface area contributed by atoms with Crippen LogP contribution in [0.4, 0.5) is 5.69 Å². The number of ether oxygens (including phenoxy) is 1. The third-order valence-electron chi connectivity index (χ3n) is 3.16. The minimum atomic E-state index is 0.294. The van der Waals surface area contributed by atoms with Crippen LogP contribution in [0.3, 0.4) is 0 Å². The van der Waals surface area contributed by atoms with Crippen LogP contribution in [0.1, 0.15) is 25.0 Å². The molecule has 0 aliphatic rings. The standard InChI is InChI=1S/C17H23NO/c1-6-10-15-12-11-14(5)16(18(8-3)9-4)17(15)19-13-7-2/h2,6,11-12H,1,8-10,13H2,3-5H3. The normalized spacial score (nSPS) is 9.79. The smallest absolute Gasteiger partial charge is 0.148 e. The highest BCUT2D eigenvalue weighted by molar-refractivity contribution is 5.67. The molecule has 0 radical (unpaired) electrons. The fourth-order valence-corrected chi connectivity index (χ4v) is 2.24. The molecule has 0 bridgehead atoms. The topological polar surface area (TPSA) is 12.5 Å². The van der Waals surface area contributed by atoms with Crippen molar-refractivity contribution in [2.45, 2.75) is 27.2 Å². The summed E-state index contributed by atoms with van der Waals surface area (Å²) in [5.41, 5.74) is 3.50. The van der Waals surface area contributed by atoms with E-state index in [-0.39, 0.29) is 0 Å². The van der Waals surface area contributed by atoms with E-state index >= 15 is 0 Å². The van der Waals surface area contributed by atoms with Crippen LogP contribution in [0, 0.1) is 19.3 Å². The lowest BCUT2D eigenvalue weighted by atomic mass is 10.0. The number of rotatable bonds is 7. The molecule has 1 rings (SSSR count). The van der Waals surface area contributed by atoms with Gasteiger partial charge in [-0.05, 0) is 32.8 Å². The van der Waals surface area contributed by atoms with Crippen molar-refractivity contribution in [2.75, 3.05) is 24.6 Å². The van der Waals surface area contributed by atoms with Gasteiger partial charge in [0.1, 0.15) is 12.4 Å². The van der Waals surface area contributed by atoms with E-state index in [4.69, 9.17) is 11.2 Å². The predicted molar refractivity (Wildman–Crippen MR) is 83.0 cm³/mol. The van der Waals surface area contributed by atoms with Gasteiger partial charge < -0.3 is 9.64 Å².